The quantitative estimate of drug-likeness (QED) is 0.427. The van der Waals surface area contributed by atoms with E-state index < -0.39 is 0 Å². The molecule has 0 radical (unpaired) electrons. The smallest absolute Gasteiger partial charge is 0.0786 e. The average molecular weight is 230 g/mol. The van der Waals surface area contributed by atoms with Crippen LogP contribution in [0.3, 0.4) is 0 Å². The highest BCUT2D eigenvalue weighted by Gasteiger charge is 2.23. The van der Waals surface area contributed by atoms with Gasteiger partial charge in [0.25, 0.3) is 0 Å². The number of aliphatic hydroxyl groups is 1. The monoisotopic (exact) mass is 230 g/mol. The third kappa shape index (κ3) is 6.49. The Morgan fingerprint density at radius 1 is 0.688 bits per heavy atom. The number of aliphatic hydroxyl groups excluding tert-OH is 1. The van der Waals surface area contributed by atoms with Gasteiger partial charge in [-0.3, -0.25) is 0 Å². The Morgan fingerprint density at radius 2 is 1.19 bits per heavy atom. The maximum atomic E-state index is 8.80. The van der Waals surface area contributed by atoms with Gasteiger partial charge in [0.2, 0.25) is 0 Å². The summed E-state index contributed by atoms with van der Waals surface area (Å²) >= 11 is 0. The predicted molar refractivity (Wildman–Crippen MR) is 71.5 cm³/mol. The van der Waals surface area contributed by atoms with Crippen molar-refractivity contribution in [2.45, 2.75) is 59.3 Å². The summed E-state index contributed by atoms with van der Waals surface area (Å²) in [6.07, 6.45) is 7.32. The minimum absolute atomic E-state index is 0.356. The highest BCUT2D eigenvalue weighted by molar-refractivity contribution is 4.47. The van der Waals surface area contributed by atoms with Crippen molar-refractivity contribution in [1.29, 1.82) is 0 Å². The van der Waals surface area contributed by atoms with Gasteiger partial charge < -0.3 is 9.59 Å². The standard InChI is InChI=1S/C14H32NO/c1-4-10-15(11-5-2,12-6-3)13-8-7-9-14-16/h16H,4-14H2,1-3H3/q+1. The van der Waals surface area contributed by atoms with E-state index in [1.54, 1.807) is 0 Å². The molecule has 0 amide bonds. The molecule has 0 rings (SSSR count). The normalized spacial score (nSPS) is 12.0. The molecular formula is C14H32NO+. The van der Waals surface area contributed by atoms with Gasteiger partial charge in [-0.2, -0.15) is 0 Å². The molecule has 0 heterocycles. The molecule has 0 saturated carbocycles. The Hall–Kier alpha value is -0.0800. The van der Waals surface area contributed by atoms with Crippen LogP contribution in [0.4, 0.5) is 0 Å². The topological polar surface area (TPSA) is 20.2 Å². The zero-order valence-corrected chi connectivity index (χ0v) is 11.7. The highest BCUT2D eigenvalue weighted by Crippen LogP contribution is 2.14. The van der Waals surface area contributed by atoms with Gasteiger partial charge in [0.05, 0.1) is 26.2 Å². The summed E-state index contributed by atoms with van der Waals surface area (Å²) in [5.74, 6) is 0. The first kappa shape index (κ1) is 15.9. The number of unbranched alkanes of at least 4 members (excludes halogenated alkanes) is 2. The minimum atomic E-state index is 0.356. The number of hydrogen-bond acceptors (Lipinski definition) is 1. The highest BCUT2D eigenvalue weighted by atomic mass is 16.2. The van der Waals surface area contributed by atoms with E-state index in [2.05, 4.69) is 20.8 Å². The lowest BCUT2D eigenvalue weighted by Crippen LogP contribution is -2.50. The van der Waals surface area contributed by atoms with E-state index in [0.717, 1.165) is 6.42 Å². The summed E-state index contributed by atoms with van der Waals surface area (Å²) in [5.41, 5.74) is 0. The lowest BCUT2D eigenvalue weighted by atomic mass is 10.1. The van der Waals surface area contributed by atoms with Gasteiger partial charge in [-0.25, -0.2) is 0 Å². The number of quaternary nitrogens is 1. The zero-order chi connectivity index (χ0) is 12.3. The van der Waals surface area contributed by atoms with Crippen molar-refractivity contribution < 1.29 is 9.59 Å². The summed E-state index contributed by atoms with van der Waals surface area (Å²) in [5, 5.41) is 8.80. The molecule has 2 nitrogen and oxygen atoms in total. The van der Waals surface area contributed by atoms with Crippen molar-refractivity contribution in [1.82, 2.24) is 0 Å². The molecule has 98 valence electrons. The molecule has 0 bridgehead atoms. The van der Waals surface area contributed by atoms with Crippen molar-refractivity contribution in [2.24, 2.45) is 0 Å². The predicted octanol–water partition coefficient (Wildman–Crippen LogP) is 3.20. The van der Waals surface area contributed by atoms with E-state index in [-0.39, 0.29) is 0 Å². The fourth-order valence-corrected chi connectivity index (χ4v) is 2.83. The minimum Gasteiger partial charge on any atom is -0.396 e. The lowest BCUT2D eigenvalue weighted by Gasteiger charge is -2.38. The van der Waals surface area contributed by atoms with E-state index >= 15 is 0 Å². The van der Waals surface area contributed by atoms with Crippen LogP contribution in [0.1, 0.15) is 59.3 Å². The Morgan fingerprint density at radius 3 is 1.56 bits per heavy atom. The molecule has 0 aromatic carbocycles. The van der Waals surface area contributed by atoms with Crippen LogP contribution in [-0.4, -0.2) is 42.4 Å². The van der Waals surface area contributed by atoms with E-state index in [1.165, 1.54) is 62.8 Å². The fourth-order valence-electron chi connectivity index (χ4n) is 2.83. The van der Waals surface area contributed by atoms with Crippen LogP contribution in [0, 0.1) is 0 Å². The molecule has 0 aliphatic carbocycles. The molecular weight excluding hydrogens is 198 g/mol. The molecule has 0 aliphatic rings. The molecule has 0 aromatic heterocycles. The Bertz CT molecular complexity index is 131. The summed E-state index contributed by atoms with van der Waals surface area (Å²) in [7, 11) is 0. The first-order valence-corrected chi connectivity index (χ1v) is 7.20. The van der Waals surface area contributed by atoms with Crippen LogP contribution in [0.2, 0.25) is 0 Å². The second-order valence-corrected chi connectivity index (χ2v) is 5.02. The van der Waals surface area contributed by atoms with Crippen molar-refractivity contribution in [2.75, 3.05) is 32.8 Å². The van der Waals surface area contributed by atoms with Crippen LogP contribution in [0.15, 0.2) is 0 Å². The second kappa shape index (κ2) is 10.1. The molecule has 0 atom stereocenters. The molecule has 0 saturated heterocycles. The summed E-state index contributed by atoms with van der Waals surface area (Å²) in [6, 6.07) is 0. The molecule has 0 unspecified atom stereocenters. The fraction of sp³-hybridized carbons (Fsp3) is 1.00. The van der Waals surface area contributed by atoms with Crippen LogP contribution in [-0.2, 0) is 0 Å². The largest absolute Gasteiger partial charge is 0.396 e. The van der Waals surface area contributed by atoms with Crippen molar-refractivity contribution in [3.05, 3.63) is 0 Å². The lowest BCUT2D eigenvalue weighted by molar-refractivity contribution is -0.928. The Balaban J connectivity index is 4.12. The Kier molecular flexibility index (Phi) is 10.0. The second-order valence-electron chi connectivity index (χ2n) is 5.02. The third-order valence-corrected chi connectivity index (χ3v) is 3.38. The van der Waals surface area contributed by atoms with Crippen molar-refractivity contribution >= 4 is 0 Å². The van der Waals surface area contributed by atoms with Gasteiger partial charge in [0.15, 0.2) is 0 Å². The molecule has 0 aliphatic heterocycles. The molecule has 16 heavy (non-hydrogen) atoms. The Labute approximate surface area is 102 Å². The van der Waals surface area contributed by atoms with Crippen LogP contribution >= 0.6 is 0 Å². The van der Waals surface area contributed by atoms with Gasteiger partial charge in [-0.05, 0) is 38.5 Å². The molecule has 0 fully saturated rings. The van der Waals surface area contributed by atoms with E-state index in [0.29, 0.717) is 6.61 Å². The summed E-state index contributed by atoms with van der Waals surface area (Å²) in [4.78, 5) is 0. The summed E-state index contributed by atoms with van der Waals surface area (Å²) in [6.45, 7) is 12.6. The van der Waals surface area contributed by atoms with E-state index in [9.17, 15) is 0 Å². The number of nitrogens with zero attached hydrogens (tertiary/aromatic N) is 1. The van der Waals surface area contributed by atoms with Crippen LogP contribution < -0.4 is 0 Å². The van der Waals surface area contributed by atoms with Gasteiger partial charge in [-0.15, -0.1) is 0 Å². The maximum Gasteiger partial charge on any atom is 0.0786 e. The number of rotatable bonds is 11. The van der Waals surface area contributed by atoms with Crippen LogP contribution in [0.5, 0.6) is 0 Å². The van der Waals surface area contributed by atoms with Crippen molar-refractivity contribution in [3.63, 3.8) is 0 Å². The van der Waals surface area contributed by atoms with E-state index in [1.807, 2.05) is 0 Å². The molecule has 0 aromatic rings. The molecule has 1 N–H and O–H groups in total. The SMILES string of the molecule is CCC[N+](CCC)(CCC)CCCCCO. The number of hydrogen-bond donors (Lipinski definition) is 1. The summed E-state index contributed by atoms with van der Waals surface area (Å²) < 4.78 is 1.31. The molecule has 0 spiro atoms. The average Bonchev–Trinajstić information content (AvgIpc) is 2.26. The van der Waals surface area contributed by atoms with Gasteiger partial charge in [-0.1, -0.05) is 20.8 Å². The van der Waals surface area contributed by atoms with Gasteiger partial charge in [0, 0.05) is 6.61 Å². The van der Waals surface area contributed by atoms with Crippen molar-refractivity contribution in [3.8, 4) is 0 Å². The molecule has 2 heteroatoms. The first-order chi connectivity index (χ1) is 7.74. The van der Waals surface area contributed by atoms with E-state index in [4.69, 9.17) is 5.11 Å². The van der Waals surface area contributed by atoms with Crippen LogP contribution in [0.25, 0.3) is 0 Å². The third-order valence-electron chi connectivity index (χ3n) is 3.38. The van der Waals surface area contributed by atoms with Gasteiger partial charge >= 0.3 is 0 Å². The first-order valence-electron chi connectivity index (χ1n) is 7.20. The maximum absolute atomic E-state index is 8.80. The zero-order valence-electron chi connectivity index (χ0n) is 11.7. The van der Waals surface area contributed by atoms with Gasteiger partial charge in [0.1, 0.15) is 0 Å².